The quantitative estimate of drug-likeness (QED) is 0.377. The maximum atomic E-state index is 10.7. The molecule has 16 heavy (non-hydrogen) atoms. The predicted molar refractivity (Wildman–Crippen MR) is 56.1 cm³/mol. The number of hydrogen-bond donors (Lipinski definition) is 2. The predicted octanol–water partition coefficient (Wildman–Crippen LogP) is 0.116. The third kappa shape index (κ3) is 8.21. The number of carbonyl (C=O) groups is 1. The first kappa shape index (κ1) is 14.9. The van der Waals surface area contributed by atoms with Gasteiger partial charge in [0.15, 0.2) is 0 Å². The lowest BCUT2D eigenvalue weighted by molar-refractivity contribution is -0.132. The van der Waals surface area contributed by atoms with Crippen molar-refractivity contribution in [1.82, 2.24) is 4.90 Å². The summed E-state index contributed by atoms with van der Waals surface area (Å²) in [6.45, 7) is 0.663. The maximum absolute atomic E-state index is 10.7. The van der Waals surface area contributed by atoms with Gasteiger partial charge in [0.25, 0.3) is 0 Å². The molecule has 8 heteroatoms. The molecule has 94 valence electrons. The second kappa shape index (κ2) is 6.46. The minimum Gasteiger partial charge on any atom is -0.478 e. The van der Waals surface area contributed by atoms with Gasteiger partial charge in [-0.2, -0.15) is 8.42 Å². The lowest BCUT2D eigenvalue weighted by atomic mass is 10.1. The van der Waals surface area contributed by atoms with Gasteiger partial charge in [0.2, 0.25) is 0 Å². The van der Waals surface area contributed by atoms with Gasteiger partial charge < -0.3 is 14.2 Å². The third-order valence-electron chi connectivity index (χ3n) is 1.64. The first-order valence-corrected chi connectivity index (χ1v) is 5.81. The van der Waals surface area contributed by atoms with E-state index in [-0.39, 0.29) is 12.0 Å². The van der Waals surface area contributed by atoms with E-state index in [0.29, 0.717) is 19.2 Å². The molecule has 0 saturated heterocycles. The molecule has 7 nitrogen and oxygen atoms in total. The lowest BCUT2D eigenvalue weighted by Crippen LogP contribution is -2.14. The monoisotopic (exact) mass is 253 g/mol. The highest BCUT2D eigenvalue weighted by Gasteiger charge is 2.10. The van der Waals surface area contributed by atoms with Crippen LogP contribution in [0.15, 0.2) is 11.8 Å². The zero-order valence-corrected chi connectivity index (χ0v) is 9.90. The number of carboxylic acid groups (broad SMARTS) is 1. The van der Waals surface area contributed by atoms with E-state index in [1.807, 2.05) is 19.0 Å². The summed E-state index contributed by atoms with van der Waals surface area (Å²) in [5, 5.41) is 8.70. The van der Waals surface area contributed by atoms with Crippen LogP contribution in [-0.2, 0) is 19.4 Å². The minimum atomic E-state index is -4.64. The van der Waals surface area contributed by atoms with E-state index in [1.54, 1.807) is 0 Å². The fourth-order valence-electron chi connectivity index (χ4n) is 0.921. The maximum Gasteiger partial charge on any atom is 0.445 e. The number of aliphatic carboxylic acids is 1. The van der Waals surface area contributed by atoms with Crippen LogP contribution in [0.4, 0.5) is 0 Å². The summed E-state index contributed by atoms with van der Waals surface area (Å²) < 4.78 is 32.6. The Labute approximate surface area is 94.3 Å². The summed E-state index contributed by atoms with van der Waals surface area (Å²) in [5.41, 5.74) is -0.209. The first-order chi connectivity index (χ1) is 7.22. The van der Waals surface area contributed by atoms with Gasteiger partial charge in [0.05, 0.1) is 5.57 Å². The summed E-state index contributed by atoms with van der Waals surface area (Å²) in [6, 6.07) is 0. The lowest BCUT2D eigenvalue weighted by Gasteiger charge is -2.08. The normalized spacial score (nSPS) is 12.9. The molecule has 0 amide bonds. The average Bonchev–Trinajstić information content (AvgIpc) is 2.07. The standard InChI is InChI=1S/C8H15NO6S/c1-9(2)5-3-4-7(8(10)11)6-15-16(12,13)14/h6H,3-5H2,1-2H3,(H,10,11)(H,12,13,14). The zero-order chi connectivity index (χ0) is 12.8. The van der Waals surface area contributed by atoms with Gasteiger partial charge in [-0.15, -0.1) is 0 Å². The molecule has 0 rings (SSSR count). The smallest absolute Gasteiger partial charge is 0.445 e. The van der Waals surface area contributed by atoms with E-state index in [1.165, 1.54) is 0 Å². The Morgan fingerprint density at radius 3 is 2.38 bits per heavy atom. The number of rotatable bonds is 7. The molecule has 0 heterocycles. The first-order valence-electron chi connectivity index (χ1n) is 4.45. The van der Waals surface area contributed by atoms with Crippen molar-refractivity contribution in [2.24, 2.45) is 0 Å². The van der Waals surface area contributed by atoms with Crippen LogP contribution in [0.2, 0.25) is 0 Å². The summed E-state index contributed by atoms with van der Waals surface area (Å²) >= 11 is 0. The summed E-state index contributed by atoms with van der Waals surface area (Å²) in [6.07, 6.45) is 1.23. The molecule has 0 aromatic heterocycles. The van der Waals surface area contributed by atoms with Crippen LogP contribution in [0.5, 0.6) is 0 Å². The molecule has 0 saturated carbocycles. The van der Waals surface area contributed by atoms with Crippen LogP contribution in [0.25, 0.3) is 0 Å². The van der Waals surface area contributed by atoms with Crippen LogP contribution >= 0.6 is 0 Å². The van der Waals surface area contributed by atoms with E-state index in [2.05, 4.69) is 4.18 Å². The van der Waals surface area contributed by atoms with Crippen LogP contribution in [0.3, 0.4) is 0 Å². The third-order valence-corrected chi connectivity index (χ3v) is 1.98. The molecule has 0 radical (unpaired) electrons. The van der Waals surface area contributed by atoms with Gasteiger partial charge in [-0.25, -0.2) is 4.79 Å². The summed E-state index contributed by atoms with van der Waals surface area (Å²) in [7, 11) is -0.980. The summed E-state index contributed by atoms with van der Waals surface area (Å²) in [5.74, 6) is -1.28. The molecule has 0 aliphatic rings. The second-order valence-electron chi connectivity index (χ2n) is 3.38. The molecule has 0 fully saturated rings. The van der Waals surface area contributed by atoms with Crippen molar-refractivity contribution in [3.63, 3.8) is 0 Å². The van der Waals surface area contributed by atoms with Gasteiger partial charge in [-0.1, -0.05) is 0 Å². The molecule has 0 bridgehead atoms. The Morgan fingerprint density at radius 2 is 2.00 bits per heavy atom. The van der Waals surface area contributed by atoms with Crippen molar-refractivity contribution in [3.8, 4) is 0 Å². The van der Waals surface area contributed by atoms with Gasteiger partial charge in [-0.05, 0) is 33.5 Å². The molecule has 0 atom stereocenters. The van der Waals surface area contributed by atoms with Crippen LogP contribution < -0.4 is 0 Å². The number of carboxylic acids is 1. The SMILES string of the molecule is CN(C)CCCC(=COS(=O)(=O)O)C(=O)O. The van der Waals surface area contributed by atoms with Crippen LogP contribution in [-0.4, -0.2) is 49.6 Å². The zero-order valence-electron chi connectivity index (χ0n) is 9.08. The van der Waals surface area contributed by atoms with Gasteiger partial charge in [0.1, 0.15) is 6.26 Å². The Hall–Kier alpha value is -1.12. The molecule has 0 spiro atoms. The van der Waals surface area contributed by atoms with E-state index >= 15 is 0 Å². The molecular formula is C8H15NO6S. The Kier molecular flexibility index (Phi) is 6.01. The molecule has 2 N–H and O–H groups in total. The van der Waals surface area contributed by atoms with Crippen molar-refractivity contribution in [3.05, 3.63) is 11.8 Å². The Morgan fingerprint density at radius 1 is 1.44 bits per heavy atom. The van der Waals surface area contributed by atoms with Crippen LogP contribution in [0, 0.1) is 0 Å². The topological polar surface area (TPSA) is 104 Å². The minimum absolute atomic E-state index is 0.156. The highest BCUT2D eigenvalue weighted by molar-refractivity contribution is 7.81. The molecular weight excluding hydrogens is 238 g/mol. The Bertz CT molecular complexity index is 359. The van der Waals surface area contributed by atoms with Crippen molar-refractivity contribution in [2.45, 2.75) is 12.8 Å². The van der Waals surface area contributed by atoms with Crippen molar-refractivity contribution in [2.75, 3.05) is 20.6 Å². The van der Waals surface area contributed by atoms with Gasteiger partial charge >= 0.3 is 16.4 Å². The molecule has 0 aromatic carbocycles. The molecule has 0 unspecified atom stereocenters. The van der Waals surface area contributed by atoms with Gasteiger partial charge in [-0.3, -0.25) is 4.55 Å². The van der Waals surface area contributed by atoms with Crippen molar-refractivity contribution < 1.29 is 27.1 Å². The van der Waals surface area contributed by atoms with E-state index in [4.69, 9.17) is 9.66 Å². The fraction of sp³-hybridized carbons (Fsp3) is 0.625. The Balaban J connectivity index is 4.34. The van der Waals surface area contributed by atoms with Gasteiger partial charge in [0, 0.05) is 0 Å². The highest BCUT2D eigenvalue weighted by Crippen LogP contribution is 2.07. The second-order valence-corrected chi connectivity index (χ2v) is 4.43. The van der Waals surface area contributed by atoms with E-state index in [9.17, 15) is 13.2 Å². The fourth-order valence-corrected chi connectivity index (χ4v) is 1.16. The van der Waals surface area contributed by atoms with E-state index in [0.717, 1.165) is 0 Å². The summed E-state index contributed by atoms with van der Waals surface area (Å²) in [4.78, 5) is 12.5. The molecule has 0 aromatic rings. The molecule has 0 aliphatic heterocycles. The number of hydrogen-bond acceptors (Lipinski definition) is 5. The van der Waals surface area contributed by atoms with Crippen LogP contribution in [0.1, 0.15) is 12.8 Å². The number of nitrogens with zero attached hydrogens (tertiary/aromatic N) is 1. The average molecular weight is 253 g/mol. The molecule has 0 aliphatic carbocycles. The largest absolute Gasteiger partial charge is 0.478 e. The highest BCUT2D eigenvalue weighted by atomic mass is 32.3. The van der Waals surface area contributed by atoms with E-state index < -0.39 is 16.4 Å². The van der Waals surface area contributed by atoms with Crippen molar-refractivity contribution >= 4 is 16.4 Å². The van der Waals surface area contributed by atoms with Crippen molar-refractivity contribution in [1.29, 1.82) is 0 Å².